The van der Waals surface area contributed by atoms with E-state index >= 15 is 0 Å². The smallest absolute Gasteiger partial charge is 0.416 e. The number of aromatic nitrogens is 2. The van der Waals surface area contributed by atoms with Gasteiger partial charge in [0.05, 0.1) is 29.9 Å². The van der Waals surface area contributed by atoms with Gasteiger partial charge in [-0.2, -0.15) is 18.2 Å². The number of benzene rings is 1. The van der Waals surface area contributed by atoms with Gasteiger partial charge in [-0.25, -0.2) is 0 Å². The first-order valence-corrected chi connectivity index (χ1v) is 11.3. The zero-order chi connectivity index (χ0) is 25.3. The molecule has 2 heterocycles. The lowest BCUT2D eigenvalue weighted by Gasteiger charge is -2.21. The molecule has 2 atom stereocenters. The third kappa shape index (κ3) is 6.09. The molecule has 188 valence electrons. The van der Waals surface area contributed by atoms with Crippen molar-refractivity contribution in [2.45, 2.75) is 70.9 Å². The van der Waals surface area contributed by atoms with Crippen LogP contribution in [0.15, 0.2) is 29.3 Å². The number of hydrogen-bond acceptors (Lipinski definition) is 4. The van der Waals surface area contributed by atoms with Gasteiger partial charge in [-0.3, -0.25) is 14.2 Å². The molecule has 10 heteroatoms. The lowest BCUT2D eigenvalue weighted by atomic mass is 9.92. The van der Waals surface area contributed by atoms with Crippen molar-refractivity contribution in [1.82, 2.24) is 9.36 Å². The van der Waals surface area contributed by atoms with Gasteiger partial charge in [-0.15, -0.1) is 0 Å². The Hall–Kier alpha value is -2.59. The Labute approximate surface area is 196 Å². The third-order valence-corrected chi connectivity index (χ3v) is 5.64. The minimum Gasteiger partial charge on any atom is -0.490 e. The summed E-state index contributed by atoms with van der Waals surface area (Å²) in [5.41, 5.74) is -0.323. The standard InChI is InChI=1S/C24H32F3N3O4/c1-15(31)14-34-19-9-8-16(24(25,26)27)11-18(19)22(32)28-21-12-20(23(2,3)4)29(5)30(21)13-17-7-6-10-33-17/h8-9,11-12,15,17,31H,6-7,10,13-14H2,1-5H3/b28-21+/t15-,17+/m0/s1. The van der Waals surface area contributed by atoms with E-state index in [-0.39, 0.29) is 29.4 Å². The highest BCUT2D eigenvalue weighted by Gasteiger charge is 2.32. The van der Waals surface area contributed by atoms with Gasteiger partial charge in [-0.05, 0) is 38.0 Å². The summed E-state index contributed by atoms with van der Waals surface area (Å²) in [5, 5.41) is 9.51. The molecule has 1 aromatic carbocycles. The van der Waals surface area contributed by atoms with E-state index < -0.39 is 23.8 Å². The van der Waals surface area contributed by atoms with Gasteiger partial charge in [0.15, 0.2) is 5.49 Å². The van der Waals surface area contributed by atoms with Gasteiger partial charge in [0.2, 0.25) is 0 Å². The maximum Gasteiger partial charge on any atom is 0.416 e. The number of rotatable bonds is 6. The maximum absolute atomic E-state index is 13.3. The molecule has 1 amide bonds. The molecule has 1 saturated heterocycles. The number of carbonyl (C=O) groups is 1. The average Bonchev–Trinajstić information content (AvgIpc) is 3.34. The number of hydrogen-bond donors (Lipinski definition) is 1. The highest BCUT2D eigenvalue weighted by molar-refractivity contribution is 5.97. The molecule has 1 aromatic heterocycles. The number of aliphatic hydroxyl groups excluding tert-OH is 1. The third-order valence-electron chi connectivity index (χ3n) is 5.64. The molecule has 1 fully saturated rings. The summed E-state index contributed by atoms with van der Waals surface area (Å²) in [7, 11) is 1.86. The number of aliphatic hydroxyl groups is 1. The summed E-state index contributed by atoms with van der Waals surface area (Å²) in [6.45, 7) is 8.51. The fourth-order valence-electron chi connectivity index (χ4n) is 3.94. The molecular weight excluding hydrogens is 451 g/mol. The first kappa shape index (κ1) is 26.0. The molecule has 0 saturated carbocycles. The van der Waals surface area contributed by atoms with E-state index in [2.05, 4.69) is 4.99 Å². The fraction of sp³-hybridized carbons (Fsp3) is 0.583. The van der Waals surface area contributed by atoms with Crippen LogP contribution in [0.2, 0.25) is 0 Å². The zero-order valence-corrected chi connectivity index (χ0v) is 20.1. The lowest BCUT2D eigenvalue weighted by molar-refractivity contribution is -0.137. The van der Waals surface area contributed by atoms with Crippen molar-refractivity contribution in [2.24, 2.45) is 12.0 Å². The van der Waals surface area contributed by atoms with Crippen LogP contribution in [-0.4, -0.2) is 45.8 Å². The van der Waals surface area contributed by atoms with Crippen LogP contribution in [0.3, 0.4) is 0 Å². The van der Waals surface area contributed by atoms with E-state index in [1.165, 1.54) is 6.92 Å². The molecule has 0 bridgehead atoms. The van der Waals surface area contributed by atoms with Crippen LogP contribution in [0.25, 0.3) is 0 Å². The molecule has 1 aliphatic rings. The second-order valence-corrected chi connectivity index (χ2v) is 9.66. The number of halogens is 3. The number of alkyl halides is 3. The zero-order valence-electron chi connectivity index (χ0n) is 20.1. The Bertz CT molecular complexity index is 1090. The van der Waals surface area contributed by atoms with Crippen molar-refractivity contribution in [1.29, 1.82) is 0 Å². The van der Waals surface area contributed by atoms with E-state index in [9.17, 15) is 23.1 Å². The monoisotopic (exact) mass is 483 g/mol. The topological polar surface area (TPSA) is 78.0 Å². The molecule has 0 spiro atoms. The van der Waals surface area contributed by atoms with Gasteiger partial charge in [0.25, 0.3) is 5.91 Å². The van der Waals surface area contributed by atoms with Crippen LogP contribution in [0, 0.1) is 0 Å². The molecule has 7 nitrogen and oxygen atoms in total. The van der Waals surface area contributed by atoms with Crippen LogP contribution < -0.4 is 10.2 Å². The van der Waals surface area contributed by atoms with E-state index in [1.807, 2.05) is 37.2 Å². The van der Waals surface area contributed by atoms with Crippen molar-refractivity contribution in [3.05, 3.63) is 46.6 Å². The van der Waals surface area contributed by atoms with Crippen LogP contribution in [-0.2, 0) is 29.9 Å². The molecule has 1 aliphatic heterocycles. The Morgan fingerprint density at radius 1 is 1.29 bits per heavy atom. The Morgan fingerprint density at radius 3 is 2.56 bits per heavy atom. The van der Waals surface area contributed by atoms with E-state index in [1.54, 1.807) is 6.07 Å². The van der Waals surface area contributed by atoms with Gasteiger partial charge >= 0.3 is 6.18 Å². The Balaban J connectivity index is 2.10. The van der Waals surface area contributed by atoms with Crippen molar-refractivity contribution in [3.63, 3.8) is 0 Å². The van der Waals surface area contributed by atoms with Gasteiger partial charge in [0.1, 0.15) is 12.4 Å². The van der Waals surface area contributed by atoms with E-state index in [0.717, 1.165) is 36.7 Å². The van der Waals surface area contributed by atoms with Gasteiger partial charge in [-0.1, -0.05) is 20.8 Å². The number of nitrogens with zero attached hydrogens (tertiary/aromatic N) is 3. The maximum atomic E-state index is 13.3. The molecule has 34 heavy (non-hydrogen) atoms. The molecular formula is C24H32F3N3O4. The lowest BCUT2D eigenvalue weighted by Crippen LogP contribution is -2.30. The average molecular weight is 484 g/mol. The molecule has 0 unspecified atom stereocenters. The Morgan fingerprint density at radius 2 is 2.00 bits per heavy atom. The molecule has 0 aliphatic carbocycles. The number of amides is 1. The Kier molecular flexibility index (Phi) is 7.62. The normalized spacial score (nSPS) is 18.4. The summed E-state index contributed by atoms with van der Waals surface area (Å²) in [4.78, 5) is 17.4. The summed E-state index contributed by atoms with van der Waals surface area (Å²) >= 11 is 0. The molecule has 2 aromatic rings. The minimum absolute atomic E-state index is 0.0334. The van der Waals surface area contributed by atoms with Gasteiger partial charge in [0, 0.05) is 30.8 Å². The molecule has 3 rings (SSSR count). The SMILES string of the molecule is C[C@H](O)COc1ccc(C(F)(F)F)cc1C(=O)/N=c1\cc(C(C)(C)C)n(C)n1C[C@H]1CCCO1. The first-order valence-electron chi connectivity index (χ1n) is 11.3. The quantitative estimate of drug-likeness (QED) is 0.678. The predicted octanol–water partition coefficient (Wildman–Crippen LogP) is 3.82. The fourth-order valence-corrected chi connectivity index (χ4v) is 3.94. The van der Waals surface area contributed by atoms with Crippen LogP contribution >= 0.6 is 0 Å². The molecule has 0 radical (unpaired) electrons. The summed E-state index contributed by atoms with van der Waals surface area (Å²) < 4.78 is 54.9. The van der Waals surface area contributed by atoms with Crippen LogP contribution in [0.1, 0.15) is 62.2 Å². The number of ether oxygens (including phenoxy) is 2. The van der Waals surface area contributed by atoms with E-state index in [4.69, 9.17) is 9.47 Å². The van der Waals surface area contributed by atoms with Crippen molar-refractivity contribution >= 4 is 5.91 Å². The highest BCUT2D eigenvalue weighted by atomic mass is 19.4. The summed E-state index contributed by atoms with van der Waals surface area (Å²) in [6.07, 6.45) is -3.71. The van der Waals surface area contributed by atoms with Crippen molar-refractivity contribution < 1.29 is 32.5 Å². The summed E-state index contributed by atoms with van der Waals surface area (Å²) in [6, 6.07) is 4.43. The number of carbonyl (C=O) groups excluding carboxylic acids is 1. The van der Waals surface area contributed by atoms with Crippen molar-refractivity contribution in [2.75, 3.05) is 13.2 Å². The summed E-state index contributed by atoms with van der Waals surface area (Å²) in [5.74, 6) is -0.931. The van der Waals surface area contributed by atoms with Crippen molar-refractivity contribution in [3.8, 4) is 5.75 Å². The first-order chi connectivity index (χ1) is 15.8. The van der Waals surface area contributed by atoms with Gasteiger partial charge < -0.3 is 14.6 Å². The second kappa shape index (κ2) is 9.95. The minimum atomic E-state index is -4.64. The molecule has 1 N–H and O–H groups in total. The van der Waals surface area contributed by atoms with Crippen LogP contribution in [0.5, 0.6) is 5.75 Å². The second-order valence-electron chi connectivity index (χ2n) is 9.66. The van der Waals surface area contributed by atoms with Crippen LogP contribution in [0.4, 0.5) is 13.2 Å². The van der Waals surface area contributed by atoms with E-state index in [0.29, 0.717) is 18.6 Å². The largest absolute Gasteiger partial charge is 0.490 e. The highest BCUT2D eigenvalue weighted by Crippen LogP contribution is 2.33. The predicted molar refractivity (Wildman–Crippen MR) is 120 cm³/mol.